The van der Waals surface area contributed by atoms with Gasteiger partial charge < -0.3 is 10.1 Å². The molecule has 0 aromatic heterocycles. The van der Waals surface area contributed by atoms with Gasteiger partial charge in [0.05, 0.1) is 6.54 Å². The molecule has 2 heterocycles. The fourth-order valence-electron chi connectivity index (χ4n) is 2.55. The topological polar surface area (TPSA) is 21.3 Å². The van der Waals surface area contributed by atoms with E-state index in [9.17, 15) is 8.78 Å². The molecular weight excluding hydrogens is 224 g/mol. The zero-order valence-corrected chi connectivity index (χ0v) is 9.49. The van der Waals surface area contributed by atoms with Crippen LogP contribution in [0.1, 0.15) is 19.3 Å². The van der Waals surface area contributed by atoms with Crippen molar-refractivity contribution in [2.75, 3.05) is 26.3 Å². The zero-order valence-electron chi connectivity index (χ0n) is 8.68. The summed E-state index contributed by atoms with van der Waals surface area (Å²) in [4.78, 5) is 0. The number of rotatable bonds is 1. The van der Waals surface area contributed by atoms with Crippen molar-refractivity contribution in [1.82, 2.24) is 5.32 Å². The van der Waals surface area contributed by atoms with E-state index in [-0.39, 0.29) is 24.9 Å². The first-order chi connectivity index (χ1) is 6.70. The quantitative estimate of drug-likeness (QED) is 0.759. The van der Waals surface area contributed by atoms with Crippen LogP contribution in [-0.4, -0.2) is 32.2 Å². The number of hydrogen-bond donors (Lipinski definition) is 1. The molecule has 0 spiro atoms. The third kappa shape index (κ3) is 3.02. The van der Waals surface area contributed by atoms with E-state index in [1.54, 1.807) is 0 Å². The summed E-state index contributed by atoms with van der Waals surface area (Å²) in [5, 5.41) is 2.76. The second-order valence-electron chi connectivity index (χ2n) is 4.28. The Balaban J connectivity index is 0.00000112. The molecule has 0 radical (unpaired) electrons. The van der Waals surface area contributed by atoms with Crippen molar-refractivity contribution in [3.63, 3.8) is 0 Å². The van der Waals surface area contributed by atoms with Gasteiger partial charge in [0.25, 0.3) is 5.92 Å². The summed E-state index contributed by atoms with van der Waals surface area (Å²) < 4.78 is 32.3. The number of alkyl halides is 2. The van der Waals surface area contributed by atoms with Crippen molar-refractivity contribution in [2.45, 2.75) is 25.2 Å². The van der Waals surface area contributed by atoms with Crippen LogP contribution in [-0.2, 0) is 4.74 Å². The Morgan fingerprint density at radius 2 is 1.80 bits per heavy atom. The molecule has 1 N–H and O–H groups in total. The van der Waals surface area contributed by atoms with Gasteiger partial charge in [-0.15, -0.1) is 12.4 Å². The first kappa shape index (κ1) is 13.1. The lowest BCUT2D eigenvalue weighted by Gasteiger charge is -2.38. The standard InChI is InChI=1S/C10H17F2NO.ClH/c11-10(12)7-13-4-1-9(10)8-2-5-14-6-3-8;/h8-9,13H,1-7H2;1H. The van der Waals surface area contributed by atoms with Crippen LogP contribution in [0.3, 0.4) is 0 Å². The van der Waals surface area contributed by atoms with Crippen molar-refractivity contribution in [3.05, 3.63) is 0 Å². The summed E-state index contributed by atoms with van der Waals surface area (Å²) in [5.74, 6) is -2.77. The summed E-state index contributed by atoms with van der Waals surface area (Å²) in [7, 11) is 0. The van der Waals surface area contributed by atoms with Crippen LogP contribution in [0.4, 0.5) is 8.78 Å². The van der Waals surface area contributed by atoms with Gasteiger partial charge in [0.15, 0.2) is 0 Å². The average Bonchev–Trinajstić information content (AvgIpc) is 2.18. The molecule has 2 saturated heterocycles. The van der Waals surface area contributed by atoms with Crippen LogP contribution in [0.5, 0.6) is 0 Å². The Morgan fingerprint density at radius 3 is 2.40 bits per heavy atom. The summed E-state index contributed by atoms with van der Waals surface area (Å²) in [6, 6.07) is 0. The highest BCUT2D eigenvalue weighted by Crippen LogP contribution is 2.39. The third-order valence-corrected chi connectivity index (χ3v) is 3.37. The monoisotopic (exact) mass is 241 g/mol. The maximum atomic E-state index is 13.6. The van der Waals surface area contributed by atoms with E-state index in [1.807, 2.05) is 0 Å². The average molecular weight is 242 g/mol. The molecular formula is C10H18ClF2NO. The minimum Gasteiger partial charge on any atom is -0.381 e. The molecule has 0 saturated carbocycles. The van der Waals surface area contributed by atoms with Crippen molar-refractivity contribution in [2.24, 2.45) is 11.8 Å². The van der Waals surface area contributed by atoms with Gasteiger partial charge in [-0.25, -0.2) is 8.78 Å². The molecule has 0 amide bonds. The predicted octanol–water partition coefficient (Wildman–Crippen LogP) is 2.08. The Bertz CT molecular complexity index is 198. The van der Waals surface area contributed by atoms with Gasteiger partial charge in [-0.3, -0.25) is 0 Å². The van der Waals surface area contributed by atoms with Crippen LogP contribution in [0.15, 0.2) is 0 Å². The molecule has 90 valence electrons. The first-order valence-corrected chi connectivity index (χ1v) is 5.36. The smallest absolute Gasteiger partial charge is 0.263 e. The molecule has 2 rings (SSSR count). The van der Waals surface area contributed by atoms with Crippen LogP contribution >= 0.6 is 12.4 Å². The fourth-order valence-corrected chi connectivity index (χ4v) is 2.55. The molecule has 0 bridgehead atoms. The first-order valence-electron chi connectivity index (χ1n) is 5.36. The van der Waals surface area contributed by atoms with E-state index >= 15 is 0 Å². The molecule has 1 atom stereocenters. The van der Waals surface area contributed by atoms with E-state index in [1.165, 1.54) is 0 Å². The lowest BCUT2D eigenvalue weighted by Crippen LogP contribution is -2.49. The Labute approximate surface area is 95.2 Å². The van der Waals surface area contributed by atoms with Gasteiger partial charge in [-0.1, -0.05) is 0 Å². The van der Waals surface area contributed by atoms with Crippen molar-refractivity contribution in [1.29, 1.82) is 0 Å². The summed E-state index contributed by atoms with van der Waals surface area (Å²) in [5.41, 5.74) is 0. The highest BCUT2D eigenvalue weighted by molar-refractivity contribution is 5.85. The molecule has 2 fully saturated rings. The van der Waals surface area contributed by atoms with E-state index < -0.39 is 11.8 Å². The molecule has 0 aromatic rings. The van der Waals surface area contributed by atoms with Crippen molar-refractivity contribution < 1.29 is 13.5 Å². The normalized spacial score (nSPS) is 32.0. The summed E-state index contributed by atoms with van der Waals surface area (Å²) >= 11 is 0. The second-order valence-corrected chi connectivity index (χ2v) is 4.28. The zero-order chi connectivity index (χ0) is 10.0. The second kappa shape index (κ2) is 5.41. The van der Waals surface area contributed by atoms with E-state index in [4.69, 9.17) is 4.74 Å². The highest BCUT2D eigenvalue weighted by Gasteiger charge is 2.45. The molecule has 1 unspecified atom stereocenters. The largest absolute Gasteiger partial charge is 0.381 e. The number of ether oxygens (including phenoxy) is 1. The summed E-state index contributed by atoms with van der Waals surface area (Å²) in [6.45, 7) is 1.90. The van der Waals surface area contributed by atoms with E-state index in [0.717, 1.165) is 19.4 Å². The third-order valence-electron chi connectivity index (χ3n) is 3.37. The Morgan fingerprint density at radius 1 is 1.13 bits per heavy atom. The van der Waals surface area contributed by atoms with Crippen LogP contribution in [0, 0.1) is 11.8 Å². The number of nitrogens with one attached hydrogen (secondary N) is 1. The van der Waals surface area contributed by atoms with Crippen LogP contribution < -0.4 is 5.32 Å². The lowest BCUT2D eigenvalue weighted by atomic mass is 9.78. The summed E-state index contributed by atoms with van der Waals surface area (Å²) in [6.07, 6.45) is 2.22. The molecule has 2 aliphatic heterocycles. The molecule has 0 aliphatic carbocycles. The van der Waals surface area contributed by atoms with E-state index in [2.05, 4.69) is 5.32 Å². The lowest BCUT2D eigenvalue weighted by molar-refractivity contribution is -0.110. The molecule has 2 aliphatic rings. The molecule has 15 heavy (non-hydrogen) atoms. The SMILES string of the molecule is Cl.FC1(F)CNCCC1C1CCOCC1. The Hall–Kier alpha value is 0.0700. The van der Waals surface area contributed by atoms with Gasteiger partial charge >= 0.3 is 0 Å². The molecule has 0 aromatic carbocycles. The number of piperidine rings is 1. The van der Waals surface area contributed by atoms with Crippen molar-refractivity contribution >= 4 is 12.4 Å². The number of hydrogen-bond acceptors (Lipinski definition) is 2. The van der Waals surface area contributed by atoms with Gasteiger partial charge in [-0.05, 0) is 31.7 Å². The minimum atomic E-state index is -2.51. The Kier molecular flexibility index (Phi) is 4.74. The highest BCUT2D eigenvalue weighted by atomic mass is 35.5. The predicted molar refractivity (Wildman–Crippen MR) is 56.7 cm³/mol. The van der Waals surface area contributed by atoms with Crippen LogP contribution in [0.25, 0.3) is 0 Å². The molecule has 2 nitrogen and oxygen atoms in total. The van der Waals surface area contributed by atoms with Gasteiger partial charge in [-0.2, -0.15) is 0 Å². The van der Waals surface area contributed by atoms with Gasteiger partial charge in [0.1, 0.15) is 0 Å². The van der Waals surface area contributed by atoms with Crippen LogP contribution in [0.2, 0.25) is 0 Å². The fraction of sp³-hybridized carbons (Fsp3) is 1.00. The molecule has 5 heteroatoms. The van der Waals surface area contributed by atoms with E-state index in [0.29, 0.717) is 19.6 Å². The maximum Gasteiger partial charge on any atom is 0.263 e. The minimum absolute atomic E-state index is 0. The maximum absolute atomic E-state index is 13.6. The van der Waals surface area contributed by atoms with Gasteiger partial charge in [0, 0.05) is 19.1 Å². The number of halogens is 3. The van der Waals surface area contributed by atoms with Crippen molar-refractivity contribution in [3.8, 4) is 0 Å². The van der Waals surface area contributed by atoms with Gasteiger partial charge in [0.2, 0.25) is 0 Å².